The molecule has 2 aliphatic rings. The van der Waals surface area contributed by atoms with Crippen LogP contribution in [0.4, 0.5) is 19.0 Å². The van der Waals surface area contributed by atoms with E-state index in [0.29, 0.717) is 37.4 Å². The van der Waals surface area contributed by atoms with E-state index in [1.807, 2.05) is 0 Å². The average molecular weight is 604 g/mol. The summed E-state index contributed by atoms with van der Waals surface area (Å²) in [4.78, 5) is 26.4. The van der Waals surface area contributed by atoms with Crippen molar-refractivity contribution in [3.63, 3.8) is 0 Å². The summed E-state index contributed by atoms with van der Waals surface area (Å²) >= 11 is 0. The number of sulfone groups is 1. The molecule has 1 N–H and O–H groups in total. The zero-order chi connectivity index (χ0) is 30.3. The Morgan fingerprint density at radius 2 is 1.76 bits per heavy atom. The topological polar surface area (TPSA) is 95.5 Å². The fourth-order valence-electron chi connectivity index (χ4n) is 6.32. The van der Waals surface area contributed by atoms with Crippen LogP contribution in [0.25, 0.3) is 10.9 Å². The van der Waals surface area contributed by atoms with E-state index in [1.54, 1.807) is 35.2 Å². The third-order valence-corrected chi connectivity index (χ3v) is 10.8. The number of halogens is 3. The fraction of sp³-hybridized carbons (Fsp3) is 0.500. The molecule has 5 rings (SSSR count). The van der Waals surface area contributed by atoms with Crippen molar-refractivity contribution in [1.29, 1.82) is 0 Å². The number of likely N-dealkylation sites (tertiary alicyclic amines) is 1. The van der Waals surface area contributed by atoms with Crippen LogP contribution in [0.3, 0.4) is 0 Å². The Morgan fingerprint density at radius 3 is 2.40 bits per heavy atom. The molecule has 8 nitrogen and oxygen atoms in total. The lowest BCUT2D eigenvalue weighted by Gasteiger charge is -2.48. The lowest BCUT2D eigenvalue weighted by molar-refractivity contribution is -0.137. The number of nitrogens with one attached hydrogen (secondary N) is 1. The average Bonchev–Trinajstić information content (AvgIpc) is 3.33. The first kappa shape index (κ1) is 30.2. The Bertz CT molecular complexity index is 1540. The third-order valence-electron chi connectivity index (χ3n) is 8.89. The second kappa shape index (κ2) is 11.4. The highest BCUT2D eigenvalue weighted by Crippen LogP contribution is 2.41. The molecule has 1 aliphatic carbocycles. The monoisotopic (exact) mass is 603 g/mol. The molecule has 2 heterocycles. The van der Waals surface area contributed by atoms with Crippen molar-refractivity contribution in [2.75, 3.05) is 24.7 Å². The molecule has 0 spiro atoms. The van der Waals surface area contributed by atoms with Crippen molar-refractivity contribution in [2.24, 2.45) is 0 Å². The quantitative estimate of drug-likeness (QED) is 0.380. The zero-order valence-corrected chi connectivity index (χ0v) is 24.8. The number of anilines is 1. The molecular weight excluding hydrogens is 567 g/mol. The maximum absolute atomic E-state index is 14.0. The molecule has 1 amide bonds. The first-order valence-corrected chi connectivity index (χ1v) is 15.9. The van der Waals surface area contributed by atoms with Gasteiger partial charge in [0.1, 0.15) is 18.2 Å². The van der Waals surface area contributed by atoms with Gasteiger partial charge < -0.3 is 15.1 Å². The van der Waals surface area contributed by atoms with Gasteiger partial charge in [-0.15, -0.1) is 0 Å². The van der Waals surface area contributed by atoms with Crippen molar-refractivity contribution in [3.8, 4) is 0 Å². The van der Waals surface area contributed by atoms with Crippen molar-refractivity contribution < 1.29 is 26.4 Å². The molecule has 1 unspecified atom stereocenters. The SMILES string of the molecule is CC(C)N(C)C1CCC(CS(=O)(=O)c2ccccc2)(N2CCC(Nc3ncnc4ccc(C(F)(F)F)cc34)C2=O)CC1. The van der Waals surface area contributed by atoms with Crippen LogP contribution in [-0.4, -0.2) is 77.1 Å². The van der Waals surface area contributed by atoms with Crippen LogP contribution < -0.4 is 5.32 Å². The van der Waals surface area contributed by atoms with Crippen LogP contribution in [-0.2, 0) is 20.8 Å². The van der Waals surface area contributed by atoms with E-state index in [4.69, 9.17) is 0 Å². The van der Waals surface area contributed by atoms with E-state index in [-0.39, 0.29) is 33.8 Å². The minimum absolute atomic E-state index is 0.138. The number of carbonyl (C=O) groups excluding carboxylic acids is 1. The number of benzene rings is 2. The number of hydrogen-bond donors (Lipinski definition) is 1. The minimum Gasteiger partial charge on any atom is -0.358 e. The van der Waals surface area contributed by atoms with Crippen molar-refractivity contribution in [3.05, 3.63) is 60.4 Å². The van der Waals surface area contributed by atoms with Gasteiger partial charge in [0.15, 0.2) is 9.84 Å². The van der Waals surface area contributed by atoms with Crippen molar-refractivity contribution in [1.82, 2.24) is 19.8 Å². The number of nitrogens with zero attached hydrogens (tertiary/aromatic N) is 4. The molecule has 12 heteroatoms. The van der Waals surface area contributed by atoms with Crippen LogP contribution in [0.2, 0.25) is 0 Å². The molecule has 1 aromatic heterocycles. The Labute approximate surface area is 244 Å². The molecule has 2 aromatic carbocycles. The van der Waals surface area contributed by atoms with Gasteiger partial charge in [0.2, 0.25) is 5.91 Å². The van der Waals surface area contributed by atoms with Crippen LogP contribution in [0.15, 0.2) is 59.8 Å². The molecule has 3 aromatic rings. The van der Waals surface area contributed by atoms with Gasteiger partial charge >= 0.3 is 6.18 Å². The van der Waals surface area contributed by atoms with Crippen molar-refractivity contribution in [2.45, 2.75) is 80.7 Å². The summed E-state index contributed by atoms with van der Waals surface area (Å²) in [6.45, 7) is 4.58. The summed E-state index contributed by atoms with van der Waals surface area (Å²) < 4.78 is 67.6. The van der Waals surface area contributed by atoms with Gasteiger partial charge in [-0.05, 0) is 83.3 Å². The van der Waals surface area contributed by atoms with Gasteiger partial charge in [0.25, 0.3) is 0 Å². The maximum Gasteiger partial charge on any atom is 0.416 e. The standard InChI is InChI=1S/C30H36F3N5O3S/c1-20(2)37(3)22-11-14-29(15-12-22,18-42(40,41)23-7-5-4-6-8-23)38-16-13-26(28(38)39)36-27-24-17-21(30(31,32)33)9-10-25(24)34-19-35-27/h4-10,17,19-20,22,26H,11-16,18H2,1-3H3,(H,34,35,36). The molecule has 1 atom stereocenters. The van der Waals surface area contributed by atoms with E-state index in [0.717, 1.165) is 25.0 Å². The van der Waals surface area contributed by atoms with E-state index in [2.05, 4.69) is 41.1 Å². The Kier molecular flexibility index (Phi) is 8.23. The Balaban J connectivity index is 1.43. The van der Waals surface area contributed by atoms with Gasteiger partial charge in [-0.3, -0.25) is 4.79 Å². The van der Waals surface area contributed by atoms with E-state index in [1.165, 1.54) is 12.4 Å². The molecule has 0 bridgehead atoms. The summed E-state index contributed by atoms with van der Waals surface area (Å²) in [6, 6.07) is 11.4. The van der Waals surface area contributed by atoms with Gasteiger partial charge in [0.05, 0.1) is 27.3 Å². The Hall–Kier alpha value is -3.25. The highest BCUT2D eigenvalue weighted by molar-refractivity contribution is 7.91. The summed E-state index contributed by atoms with van der Waals surface area (Å²) in [5, 5.41) is 3.23. The second-order valence-electron chi connectivity index (χ2n) is 11.7. The summed E-state index contributed by atoms with van der Waals surface area (Å²) in [5.41, 5.74) is -1.41. The third kappa shape index (κ3) is 5.96. The number of rotatable bonds is 8. The van der Waals surface area contributed by atoms with Gasteiger partial charge in [-0.1, -0.05) is 18.2 Å². The number of fused-ring (bicyclic) bond motifs is 1. The van der Waals surface area contributed by atoms with Crippen LogP contribution in [0.1, 0.15) is 51.5 Å². The first-order chi connectivity index (χ1) is 19.8. The molecule has 1 aliphatic heterocycles. The molecule has 2 fully saturated rings. The number of carbonyl (C=O) groups is 1. The zero-order valence-electron chi connectivity index (χ0n) is 23.9. The summed E-state index contributed by atoms with van der Waals surface area (Å²) in [6.07, 6.45) is -0.369. The highest BCUT2D eigenvalue weighted by Gasteiger charge is 2.50. The number of alkyl halides is 3. The molecule has 42 heavy (non-hydrogen) atoms. The van der Waals surface area contributed by atoms with Crippen LogP contribution in [0.5, 0.6) is 0 Å². The Morgan fingerprint density at radius 1 is 1.07 bits per heavy atom. The van der Waals surface area contributed by atoms with Crippen LogP contribution >= 0.6 is 0 Å². The lowest BCUT2D eigenvalue weighted by atomic mass is 9.78. The second-order valence-corrected chi connectivity index (χ2v) is 13.7. The molecule has 0 radical (unpaired) electrons. The molecule has 1 saturated carbocycles. The van der Waals surface area contributed by atoms with Crippen molar-refractivity contribution >= 4 is 32.5 Å². The van der Waals surface area contributed by atoms with Crippen LogP contribution in [0, 0.1) is 0 Å². The number of hydrogen-bond acceptors (Lipinski definition) is 7. The predicted molar refractivity (Wildman–Crippen MR) is 155 cm³/mol. The van der Waals surface area contributed by atoms with Gasteiger partial charge in [-0.2, -0.15) is 13.2 Å². The van der Waals surface area contributed by atoms with E-state index in [9.17, 15) is 26.4 Å². The predicted octanol–water partition coefficient (Wildman–Crippen LogP) is 5.16. The summed E-state index contributed by atoms with van der Waals surface area (Å²) in [5.74, 6) is -0.321. The van der Waals surface area contributed by atoms with E-state index < -0.39 is 33.2 Å². The van der Waals surface area contributed by atoms with Gasteiger partial charge in [0, 0.05) is 24.0 Å². The molecular formula is C30H36F3N5O3S. The highest BCUT2D eigenvalue weighted by atomic mass is 32.2. The largest absolute Gasteiger partial charge is 0.416 e. The molecule has 1 saturated heterocycles. The molecule has 226 valence electrons. The first-order valence-electron chi connectivity index (χ1n) is 14.2. The fourth-order valence-corrected chi connectivity index (χ4v) is 8.21. The summed E-state index contributed by atoms with van der Waals surface area (Å²) in [7, 11) is -1.64. The van der Waals surface area contributed by atoms with Gasteiger partial charge in [-0.25, -0.2) is 18.4 Å². The van der Waals surface area contributed by atoms with E-state index >= 15 is 0 Å². The maximum atomic E-state index is 14.0. The normalized spacial score (nSPS) is 23.7. The number of amides is 1. The smallest absolute Gasteiger partial charge is 0.358 e. The minimum atomic E-state index is -4.54. The lowest BCUT2D eigenvalue weighted by Crippen LogP contribution is -2.58. The number of aromatic nitrogens is 2.